The molecule has 0 saturated carbocycles. The van der Waals surface area contributed by atoms with Crippen molar-refractivity contribution in [2.45, 2.75) is 6.04 Å². The minimum absolute atomic E-state index is 0.110. The number of aliphatic hydroxyl groups is 1. The van der Waals surface area contributed by atoms with E-state index in [-0.39, 0.29) is 22.6 Å². The molecule has 3 aromatic rings. The van der Waals surface area contributed by atoms with Crippen molar-refractivity contribution in [2.75, 3.05) is 12.0 Å². The third kappa shape index (κ3) is 3.50. The van der Waals surface area contributed by atoms with Crippen LogP contribution < -0.4 is 9.64 Å². The summed E-state index contributed by atoms with van der Waals surface area (Å²) in [5.74, 6) is -2.57. The van der Waals surface area contributed by atoms with Crippen LogP contribution >= 0.6 is 0 Å². The zero-order valence-electron chi connectivity index (χ0n) is 16.4. The molecule has 1 aliphatic heterocycles. The predicted molar refractivity (Wildman–Crippen MR) is 112 cm³/mol. The molecule has 3 aromatic carbocycles. The number of nitrogens with zero attached hydrogens (tertiary/aromatic N) is 1. The second kappa shape index (κ2) is 7.95. The van der Waals surface area contributed by atoms with Gasteiger partial charge >= 0.3 is 0 Å². The summed E-state index contributed by atoms with van der Waals surface area (Å²) >= 11 is 0. The minimum Gasteiger partial charge on any atom is -0.507 e. The molecule has 0 bridgehead atoms. The van der Waals surface area contributed by atoms with E-state index in [2.05, 4.69) is 0 Å². The molecule has 6 nitrogen and oxygen atoms in total. The van der Waals surface area contributed by atoms with Crippen LogP contribution in [0.15, 0.2) is 78.4 Å². The first-order valence-electron chi connectivity index (χ1n) is 9.41. The van der Waals surface area contributed by atoms with Crippen molar-refractivity contribution in [1.29, 1.82) is 0 Å². The molecule has 31 heavy (non-hydrogen) atoms. The van der Waals surface area contributed by atoms with Gasteiger partial charge in [-0.1, -0.05) is 24.3 Å². The number of halogens is 1. The number of Topliss-reactive ketones (excluding diaryl/α,β-unsaturated/α-hetero) is 1. The van der Waals surface area contributed by atoms with Crippen LogP contribution in [0.5, 0.6) is 11.5 Å². The maximum atomic E-state index is 13.3. The number of carbonyl (C=O) groups excluding carboxylic acids is 2. The molecular formula is C24H18FNO5. The van der Waals surface area contributed by atoms with E-state index in [0.717, 1.165) is 12.1 Å². The third-order valence-corrected chi connectivity index (χ3v) is 5.12. The lowest BCUT2D eigenvalue weighted by Crippen LogP contribution is -2.29. The number of ether oxygens (including phenoxy) is 1. The Morgan fingerprint density at radius 3 is 2.32 bits per heavy atom. The Labute approximate surface area is 177 Å². The van der Waals surface area contributed by atoms with Crippen LogP contribution in [0.4, 0.5) is 10.1 Å². The van der Waals surface area contributed by atoms with Crippen LogP contribution in [0, 0.1) is 5.82 Å². The Morgan fingerprint density at radius 2 is 1.68 bits per heavy atom. The third-order valence-electron chi connectivity index (χ3n) is 5.12. The SMILES string of the molecule is COc1cc(C2/C(=C(/O)c3ccc(F)cc3)C(=O)C(=O)N2c2ccccc2)ccc1O. The Morgan fingerprint density at radius 1 is 1.00 bits per heavy atom. The predicted octanol–water partition coefficient (Wildman–Crippen LogP) is 4.17. The van der Waals surface area contributed by atoms with Gasteiger partial charge in [0.2, 0.25) is 0 Å². The number of phenolic OH excluding ortho intramolecular Hbond substituents is 1. The van der Waals surface area contributed by atoms with E-state index in [1.165, 1.54) is 36.3 Å². The average molecular weight is 419 g/mol. The highest BCUT2D eigenvalue weighted by Crippen LogP contribution is 2.43. The number of amides is 1. The Kier molecular flexibility index (Phi) is 5.17. The summed E-state index contributed by atoms with van der Waals surface area (Å²) in [6.45, 7) is 0. The van der Waals surface area contributed by atoms with Gasteiger partial charge in [-0.05, 0) is 54.1 Å². The van der Waals surface area contributed by atoms with Gasteiger partial charge in [-0.2, -0.15) is 0 Å². The summed E-state index contributed by atoms with van der Waals surface area (Å²) in [4.78, 5) is 27.3. The zero-order valence-corrected chi connectivity index (χ0v) is 16.4. The fourth-order valence-corrected chi connectivity index (χ4v) is 3.63. The molecular weight excluding hydrogens is 401 g/mol. The van der Waals surface area contributed by atoms with Crippen molar-refractivity contribution in [3.63, 3.8) is 0 Å². The Hall–Kier alpha value is -4.13. The fraction of sp³-hybridized carbons (Fsp3) is 0.0833. The molecule has 2 N–H and O–H groups in total. The molecule has 0 aromatic heterocycles. The first-order chi connectivity index (χ1) is 14.9. The largest absolute Gasteiger partial charge is 0.507 e. The number of anilines is 1. The number of benzene rings is 3. The maximum Gasteiger partial charge on any atom is 0.300 e. The molecule has 4 rings (SSSR count). The molecule has 1 amide bonds. The van der Waals surface area contributed by atoms with E-state index in [4.69, 9.17) is 4.74 Å². The molecule has 1 aliphatic rings. The summed E-state index contributed by atoms with van der Waals surface area (Å²) in [5, 5.41) is 20.9. The van der Waals surface area contributed by atoms with Gasteiger partial charge < -0.3 is 14.9 Å². The topological polar surface area (TPSA) is 87.1 Å². The van der Waals surface area contributed by atoms with E-state index >= 15 is 0 Å². The van der Waals surface area contributed by atoms with Crippen LogP contribution in [0.1, 0.15) is 17.2 Å². The highest BCUT2D eigenvalue weighted by Gasteiger charge is 2.47. The monoisotopic (exact) mass is 419 g/mol. The molecule has 1 unspecified atom stereocenters. The summed E-state index contributed by atoms with van der Waals surface area (Å²) in [7, 11) is 1.38. The zero-order chi connectivity index (χ0) is 22.1. The van der Waals surface area contributed by atoms with Crippen LogP contribution in [0.2, 0.25) is 0 Å². The molecule has 7 heteroatoms. The maximum absolute atomic E-state index is 13.3. The van der Waals surface area contributed by atoms with Crippen LogP contribution in [-0.4, -0.2) is 29.0 Å². The molecule has 1 fully saturated rings. The number of aliphatic hydroxyl groups excluding tert-OH is 1. The second-order valence-electron chi connectivity index (χ2n) is 6.94. The molecule has 1 saturated heterocycles. The van der Waals surface area contributed by atoms with Gasteiger partial charge in [0.25, 0.3) is 11.7 Å². The Balaban J connectivity index is 1.96. The highest BCUT2D eigenvalue weighted by molar-refractivity contribution is 6.51. The number of aromatic hydroxyl groups is 1. The van der Waals surface area contributed by atoms with E-state index in [9.17, 15) is 24.2 Å². The van der Waals surface area contributed by atoms with Crippen molar-refractivity contribution >= 4 is 23.1 Å². The van der Waals surface area contributed by atoms with E-state index < -0.39 is 29.3 Å². The number of para-hydroxylation sites is 1. The molecule has 0 aliphatic carbocycles. The number of carbonyl (C=O) groups is 2. The van der Waals surface area contributed by atoms with Crippen LogP contribution in [-0.2, 0) is 9.59 Å². The average Bonchev–Trinajstić information content (AvgIpc) is 3.05. The van der Waals surface area contributed by atoms with Crippen LogP contribution in [0.3, 0.4) is 0 Å². The van der Waals surface area contributed by atoms with Gasteiger partial charge in [-0.25, -0.2) is 4.39 Å². The minimum atomic E-state index is -0.984. The lowest BCUT2D eigenvalue weighted by atomic mass is 9.94. The molecule has 1 atom stereocenters. The summed E-state index contributed by atoms with van der Waals surface area (Å²) in [5.41, 5.74) is 0.956. The molecule has 0 spiro atoms. The van der Waals surface area contributed by atoms with Gasteiger partial charge in [0.05, 0.1) is 18.7 Å². The smallest absolute Gasteiger partial charge is 0.300 e. The second-order valence-corrected chi connectivity index (χ2v) is 6.94. The lowest BCUT2D eigenvalue weighted by Gasteiger charge is -2.25. The lowest BCUT2D eigenvalue weighted by molar-refractivity contribution is -0.132. The number of rotatable bonds is 4. The van der Waals surface area contributed by atoms with Crippen molar-refractivity contribution in [1.82, 2.24) is 0 Å². The number of ketones is 1. The van der Waals surface area contributed by atoms with Gasteiger partial charge in [0.1, 0.15) is 11.6 Å². The first-order valence-corrected chi connectivity index (χ1v) is 9.41. The van der Waals surface area contributed by atoms with Crippen LogP contribution in [0.25, 0.3) is 5.76 Å². The van der Waals surface area contributed by atoms with Gasteiger partial charge in [0, 0.05) is 11.3 Å². The fourth-order valence-electron chi connectivity index (χ4n) is 3.63. The van der Waals surface area contributed by atoms with Crippen molar-refractivity contribution in [3.05, 3.63) is 95.3 Å². The van der Waals surface area contributed by atoms with E-state index in [1.807, 2.05) is 0 Å². The van der Waals surface area contributed by atoms with Gasteiger partial charge in [0.15, 0.2) is 11.5 Å². The van der Waals surface area contributed by atoms with E-state index in [0.29, 0.717) is 11.3 Å². The van der Waals surface area contributed by atoms with Crippen molar-refractivity contribution < 1.29 is 28.9 Å². The quantitative estimate of drug-likeness (QED) is 0.377. The van der Waals surface area contributed by atoms with Crippen molar-refractivity contribution in [2.24, 2.45) is 0 Å². The molecule has 1 heterocycles. The standard InChI is InChI=1S/C24H18FNO5/c1-31-19-13-15(9-12-18(19)27)21-20(22(28)14-7-10-16(25)11-8-14)23(29)24(30)26(21)17-5-3-2-4-6-17/h2-13,21,27-28H,1H3/b22-20-. The highest BCUT2D eigenvalue weighted by atomic mass is 19.1. The Bertz CT molecular complexity index is 1190. The number of hydrogen-bond donors (Lipinski definition) is 2. The summed E-state index contributed by atoms with van der Waals surface area (Å²) in [6, 6.07) is 17.0. The van der Waals surface area contributed by atoms with E-state index in [1.54, 1.807) is 36.4 Å². The first kappa shape index (κ1) is 20.2. The van der Waals surface area contributed by atoms with Crippen molar-refractivity contribution in [3.8, 4) is 11.5 Å². The summed E-state index contributed by atoms with van der Waals surface area (Å²) < 4.78 is 18.5. The number of methoxy groups -OCH3 is 1. The summed E-state index contributed by atoms with van der Waals surface area (Å²) in [6.07, 6.45) is 0. The van der Waals surface area contributed by atoms with Gasteiger partial charge in [-0.15, -0.1) is 0 Å². The molecule has 156 valence electrons. The number of phenols is 1. The molecule has 0 radical (unpaired) electrons. The van der Waals surface area contributed by atoms with Gasteiger partial charge in [-0.3, -0.25) is 14.5 Å². The number of hydrogen-bond acceptors (Lipinski definition) is 5. The normalized spacial score (nSPS) is 17.7.